The van der Waals surface area contributed by atoms with Crippen molar-refractivity contribution in [3.63, 3.8) is 0 Å². The van der Waals surface area contributed by atoms with Crippen molar-refractivity contribution >= 4 is 5.97 Å². The molecule has 0 bridgehead atoms. The van der Waals surface area contributed by atoms with Crippen LogP contribution in [0.3, 0.4) is 0 Å². The minimum absolute atomic E-state index is 0.0386. The predicted octanol–water partition coefficient (Wildman–Crippen LogP) is 0.257. The topological polar surface area (TPSA) is 29.5 Å². The Hall–Kier alpha value is -1.01. The Balaban J connectivity index is 2.29. The fraction of sp³-hybridized carbons (Fsp3) is 0.667. The van der Waals surface area contributed by atoms with Crippen LogP contribution in [0.25, 0.3) is 0 Å². The molecule has 1 saturated heterocycles. The van der Waals surface area contributed by atoms with Crippen LogP contribution >= 0.6 is 0 Å². The molecule has 0 N–H and O–H groups in total. The van der Waals surface area contributed by atoms with Crippen molar-refractivity contribution in [2.45, 2.75) is 18.9 Å². The van der Waals surface area contributed by atoms with Crippen LogP contribution in [0.4, 0.5) is 0 Å². The summed E-state index contributed by atoms with van der Waals surface area (Å²) in [6, 6.07) is -0.0386. The Morgan fingerprint density at radius 3 is 3.00 bits per heavy atom. The van der Waals surface area contributed by atoms with Crippen LogP contribution in [0, 0.1) is 12.3 Å². The zero-order valence-corrected chi connectivity index (χ0v) is 7.25. The second kappa shape index (κ2) is 4.13. The molecule has 0 aromatic heterocycles. The fourth-order valence-corrected chi connectivity index (χ4v) is 1.32. The second-order valence-electron chi connectivity index (χ2n) is 2.82. The molecule has 1 aliphatic heterocycles. The number of hydrogen-bond donors (Lipinski definition) is 0. The molecule has 1 heterocycles. The third-order valence-corrected chi connectivity index (χ3v) is 2.15. The highest BCUT2D eigenvalue weighted by atomic mass is 16.5. The van der Waals surface area contributed by atoms with Gasteiger partial charge < -0.3 is 4.74 Å². The first-order chi connectivity index (χ1) is 5.79. The van der Waals surface area contributed by atoms with Gasteiger partial charge in [-0.3, -0.25) is 9.69 Å². The molecule has 0 aliphatic carbocycles. The molecule has 3 nitrogen and oxygen atoms in total. The lowest BCUT2D eigenvalue weighted by Gasteiger charge is -2.38. The molecule has 1 aliphatic rings. The smallest absolute Gasteiger partial charge is 0.323 e. The number of hydrogen-bond acceptors (Lipinski definition) is 3. The number of methoxy groups -OCH3 is 1. The number of likely N-dealkylation sites (tertiary alicyclic amines) is 1. The minimum atomic E-state index is -0.140. The van der Waals surface area contributed by atoms with Crippen molar-refractivity contribution in [1.29, 1.82) is 0 Å². The Labute approximate surface area is 72.7 Å². The van der Waals surface area contributed by atoms with Gasteiger partial charge in [-0.25, -0.2) is 0 Å². The number of rotatable bonds is 3. The van der Waals surface area contributed by atoms with E-state index in [0.29, 0.717) is 6.42 Å². The summed E-state index contributed by atoms with van der Waals surface area (Å²) >= 11 is 0. The lowest BCUT2D eigenvalue weighted by molar-refractivity contribution is -0.151. The van der Waals surface area contributed by atoms with E-state index in [2.05, 4.69) is 10.7 Å². The first-order valence-corrected chi connectivity index (χ1v) is 4.05. The van der Waals surface area contributed by atoms with Gasteiger partial charge in [-0.05, 0) is 6.42 Å². The van der Waals surface area contributed by atoms with Crippen LogP contribution in [-0.2, 0) is 9.53 Å². The molecule has 3 heteroatoms. The second-order valence-corrected chi connectivity index (χ2v) is 2.82. The van der Waals surface area contributed by atoms with Crippen LogP contribution in [0.5, 0.6) is 0 Å². The minimum Gasteiger partial charge on any atom is -0.468 e. The molecule has 66 valence electrons. The first kappa shape index (κ1) is 9.08. The summed E-state index contributed by atoms with van der Waals surface area (Å²) in [5.74, 6) is 2.41. The monoisotopic (exact) mass is 167 g/mol. The zero-order valence-electron chi connectivity index (χ0n) is 7.25. The van der Waals surface area contributed by atoms with Crippen LogP contribution in [0.2, 0.25) is 0 Å². The quantitative estimate of drug-likeness (QED) is 0.446. The van der Waals surface area contributed by atoms with E-state index in [1.54, 1.807) is 0 Å². The molecule has 12 heavy (non-hydrogen) atoms. The van der Waals surface area contributed by atoms with E-state index < -0.39 is 0 Å². The molecule has 0 saturated carbocycles. The Morgan fingerprint density at radius 2 is 2.58 bits per heavy atom. The SMILES string of the molecule is C#CCCN1CCC1C(=O)OC. The van der Waals surface area contributed by atoms with Gasteiger partial charge in [-0.1, -0.05) is 0 Å². The highest BCUT2D eigenvalue weighted by Crippen LogP contribution is 2.18. The molecule has 0 amide bonds. The Morgan fingerprint density at radius 1 is 1.83 bits per heavy atom. The van der Waals surface area contributed by atoms with Gasteiger partial charge in [0.05, 0.1) is 7.11 Å². The summed E-state index contributed by atoms with van der Waals surface area (Å²) in [4.78, 5) is 13.1. The summed E-state index contributed by atoms with van der Waals surface area (Å²) in [5, 5.41) is 0. The van der Waals surface area contributed by atoms with Crippen molar-refractivity contribution in [2.24, 2.45) is 0 Å². The number of carbonyl (C=O) groups is 1. The number of nitrogens with zero attached hydrogens (tertiary/aromatic N) is 1. The number of ether oxygens (including phenoxy) is 1. The van der Waals surface area contributed by atoms with E-state index in [4.69, 9.17) is 6.42 Å². The molecule has 0 radical (unpaired) electrons. The third kappa shape index (κ3) is 1.77. The molecular weight excluding hydrogens is 154 g/mol. The lowest BCUT2D eigenvalue weighted by Crippen LogP contribution is -2.52. The number of esters is 1. The van der Waals surface area contributed by atoms with E-state index in [-0.39, 0.29) is 12.0 Å². The molecular formula is C9H13NO2. The van der Waals surface area contributed by atoms with Gasteiger partial charge in [-0.2, -0.15) is 0 Å². The van der Waals surface area contributed by atoms with Gasteiger partial charge >= 0.3 is 5.97 Å². The van der Waals surface area contributed by atoms with E-state index in [1.807, 2.05) is 4.90 Å². The molecule has 1 rings (SSSR count). The first-order valence-electron chi connectivity index (χ1n) is 4.05. The van der Waals surface area contributed by atoms with Crippen molar-refractivity contribution in [1.82, 2.24) is 4.90 Å². The highest BCUT2D eigenvalue weighted by Gasteiger charge is 2.33. The normalized spacial score (nSPS) is 22.5. The fourth-order valence-electron chi connectivity index (χ4n) is 1.32. The Bertz CT molecular complexity index is 207. The van der Waals surface area contributed by atoms with Crippen LogP contribution in [-0.4, -0.2) is 37.1 Å². The standard InChI is InChI=1S/C9H13NO2/c1-3-4-6-10-7-5-8(10)9(11)12-2/h1,8H,4-7H2,2H3. The van der Waals surface area contributed by atoms with Crippen molar-refractivity contribution in [2.75, 3.05) is 20.2 Å². The summed E-state index contributed by atoms with van der Waals surface area (Å²) in [6.45, 7) is 1.76. The average Bonchev–Trinajstić information content (AvgIpc) is 2.03. The van der Waals surface area contributed by atoms with Gasteiger partial charge in [-0.15, -0.1) is 12.3 Å². The molecule has 0 aromatic rings. The summed E-state index contributed by atoms with van der Waals surface area (Å²) < 4.78 is 4.63. The van der Waals surface area contributed by atoms with E-state index in [9.17, 15) is 4.79 Å². The molecule has 0 aromatic carbocycles. The largest absolute Gasteiger partial charge is 0.468 e. The summed E-state index contributed by atoms with van der Waals surface area (Å²) in [7, 11) is 1.42. The summed E-state index contributed by atoms with van der Waals surface area (Å²) in [5.41, 5.74) is 0. The maximum atomic E-state index is 11.1. The van der Waals surface area contributed by atoms with Crippen LogP contribution < -0.4 is 0 Å². The van der Waals surface area contributed by atoms with Gasteiger partial charge in [0.2, 0.25) is 0 Å². The van der Waals surface area contributed by atoms with Gasteiger partial charge in [0.1, 0.15) is 6.04 Å². The lowest BCUT2D eigenvalue weighted by atomic mass is 10.0. The molecule has 0 spiro atoms. The third-order valence-electron chi connectivity index (χ3n) is 2.15. The van der Waals surface area contributed by atoms with E-state index >= 15 is 0 Å². The van der Waals surface area contributed by atoms with Crippen molar-refractivity contribution < 1.29 is 9.53 Å². The van der Waals surface area contributed by atoms with Gasteiger partial charge in [0.25, 0.3) is 0 Å². The average molecular weight is 167 g/mol. The number of terminal acetylenes is 1. The Kier molecular flexibility index (Phi) is 3.12. The molecule has 1 atom stereocenters. The van der Waals surface area contributed by atoms with Crippen LogP contribution in [0.1, 0.15) is 12.8 Å². The maximum absolute atomic E-state index is 11.1. The van der Waals surface area contributed by atoms with Crippen LogP contribution in [0.15, 0.2) is 0 Å². The van der Waals surface area contributed by atoms with Gasteiger partial charge in [0.15, 0.2) is 0 Å². The highest BCUT2D eigenvalue weighted by molar-refractivity contribution is 5.76. The summed E-state index contributed by atoms with van der Waals surface area (Å²) in [6.07, 6.45) is 6.72. The number of carbonyl (C=O) groups excluding carboxylic acids is 1. The van der Waals surface area contributed by atoms with E-state index in [0.717, 1.165) is 19.5 Å². The van der Waals surface area contributed by atoms with E-state index in [1.165, 1.54) is 7.11 Å². The van der Waals surface area contributed by atoms with Crippen molar-refractivity contribution in [3.05, 3.63) is 0 Å². The van der Waals surface area contributed by atoms with Crippen molar-refractivity contribution in [3.8, 4) is 12.3 Å². The maximum Gasteiger partial charge on any atom is 0.323 e. The molecule has 1 fully saturated rings. The zero-order chi connectivity index (χ0) is 8.97. The van der Waals surface area contributed by atoms with Gasteiger partial charge in [0, 0.05) is 19.5 Å². The molecule has 1 unspecified atom stereocenters. The predicted molar refractivity (Wildman–Crippen MR) is 45.4 cm³/mol.